The average Bonchev–Trinajstić information content (AvgIpc) is 2.36. The maximum Gasteiger partial charge on any atom is 0.242 e. The van der Waals surface area contributed by atoms with Crippen molar-refractivity contribution in [2.45, 2.75) is 24.3 Å². The van der Waals surface area contributed by atoms with Crippen LogP contribution >= 0.6 is 0 Å². The van der Waals surface area contributed by atoms with E-state index in [-0.39, 0.29) is 6.04 Å². The van der Waals surface area contributed by atoms with Gasteiger partial charge in [0.05, 0.1) is 4.90 Å². The third-order valence-electron chi connectivity index (χ3n) is 2.78. The Labute approximate surface area is 109 Å². The summed E-state index contributed by atoms with van der Waals surface area (Å²) in [6.45, 7) is 2.60. The summed E-state index contributed by atoms with van der Waals surface area (Å²) in [5, 5.41) is 3.25. The zero-order valence-electron chi connectivity index (χ0n) is 11.1. The molecule has 0 saturated heterocycles. The quantitative estimate of drug-likeness (QED) is 0.812. The molecular formula is C12H21N3O2S. The lowest BCUT2D eigenvalue weighted by Gasteiger charge is -2.17. The first kappa shape index (κ1) is 14.9. The van der Waals surface area contributed by atoms with E-state index in [0.717, 1.165) is 12.1 Å². The summed E-state index contributed by atoms with van der Waals surface area (Å²) < 4.78 is 24.9. The Kier molecular flexibility index (Phi) is 5.13. The number of nitrogens with zero attached hydrogens (tertiary/aromatic N) is 1. The van der Waals surface area contributed by atoms with Crippen molar-refractivity contribution in [1.82, 2.24) is 4.31 Å². The van der Waals surface area contributed by atoms with E-state index in [1.807, 2.05) is 0 Å². The molecule has 0 fully saturated rings. The molecule has 0 saturated carbocycles. The Morgan fingerprint density at radius 3 is 2.22 bits per heavy atom. The van der Waals surface area contributed by atoms with E-state index < -0.39 is 10.0 Å². The molecule has 0 heterocycles. The predicted molar refractivity (Wildman–Crippen MR) is 74.1 cm³/mol. The molecule has 0 spiro atoms. The largest absolute Gasteiger partial charge is 0.381 e. The van der Waals surface area contributed by atoms with Crippen molar-refractivity contribution in [3.63, 3.8) is 0 Å². The second-order valence-electron chi connectivity index (χ2n) is 4.30. The number of sulfonamides is 1. The highest BCUT2D eigenvalue weighted by Gasteiger charge is 2.16. The summed E-state index contributed by atoms with van der Waals surface area (Å²) >= 11 is 0. The van der Waals surface area contributed by atoms with Gasteiger partial charge in [0.25, 0.3) is 0 Å². The molecule has 1 aromatic rings. The van der Waals surface area contributed by atoms with Crippen LogP contribution in [0.15, 0.2) is 29.2 Å². The number of rotatable bonds is 6. The van der Waals surface area contributed by atoms with Crippen LogP contribution in [-0.2, 0) is 10.0 Å². The number of nitrogens with one attached hydrogen (secondary N) is 1. The van der Waals surface area contributed by atoms with E-state index in [0.29, 0.717) is 11.4 Å². The molecule has 6 heteroatoms. The van der Waals surface area contributed by atoms with E-state index in [4.69, 9.17) is 5.73 Å². The Morgan fingerprint density at radius 1 is 1.28 bits per heavy atom. The van der Waals surface area contributed by atoms with Gasteiger partial charge in [0, 0.05) is 32.4 Å². The standard InChI is InChI=1S/C12H21N3O2S/c1-4-10(9-13)14-11-5-7-12(8-6-11)18(16,17)15(2)3/h5-8,10,14H,4,9,13H2,1-3H3. The smallest absolute Gasteiger partial charge is 0.242 e. The maximum atomic E-state index is 11.9. The van der Waals surface area contributed by atoms with E-state index in [1.54, 1.807) is 24.3 Å². The van der Waals surface area contributed by atoms with Gasteiger partial charge >= 0.3 is 0 Å². The second-order valence-corrected chi connectivity index (χ2v) is 6.45. The van der Waals surface area contributed by atoms with Crippen LogP contribution in [0.25, 0.3) is 0 Å². The number of hydrogen-bond donors (Lipinski definition) is 2. The normalized spacial score (nSPS) is 13.6. The molecule has 0 bridgehead atoms. The number of hydrogen-bond acceptors (Lipinski definition) is 4. The van der Waals surface area contributed by atoms with Crippen molar-refractivity contribution in [2.75, 3.05) is 26.0 Å². The fourth-order valence-corrected chi connectivity index (χ4v) is 2.40. The van der Waals surface area contributed by atoms with Crippen LogP contribution in [0.5, 0.6) is 0 Å². The lowest BCUT2D eigenvalue weighted by Crippen LogP contribution is -2.28. The topological polar surface area (TPSA) is 75.4 Å². The minimum absolute atomic E-state index is 0.210. The van der Waals surface area contributed by atoms with Gasteiger partial charge in [-0.1, -0.05) is 6.92 Å². The highest BCUT2D eigenvalue weighted by molar-refractivity contribution is 7.89. The lowest BCUT2D eigenvalue weighted by molar-refractivity contribution is 0.521. The van der Waals surface area contributed by atoms with Gasteiger partial charge in [0.1, 0.15) is 0 Å². The van der Waals surface area contributed by atoms with E-state index in [9.17, 15) is 8.42 Å². The molecule has 1 unspecified atom stereocenters. The summed E-state index contributed by atoms with van der Waals surface area (Å²) in [5.41, 5.74) is 6.48. The Hall–Kier alpha value is -1.11. The van der Waals surface area contributed by atoms with E-state index >= 15 is 0 Å². The molecule has 0 radical (unpaired) electrons. The van der Waals surface area contributed by atoms with Gasteiger partial charge in [-0.05, 0) is 30.7 Å². The first-order chi connectivity index (χ1) is 8.41. The predicted octanol–water partition coefficient (Wildman–Crippen LogP) is 1.09. The molecule has 0 aliphatic rings. The molecule has 5 nitrogen and oxygen atoms in total. The monoisotopic (exact) mass is 271 g/mol. The molecule has 102 valence electrons. The number of nitrogens with two attached hydrogens (primary N) is 1. The molecule has 1 rings (SSSR count). The summed E-state index contributed by atoms with van der Waals surface area (Å²) in [6.07, 6.45) is 0.925. The molecule has 18 heavy (non-hydrogen) atoms. The first-order valence-electron chi connectivity index (χ1n) is 5.91. The summed E-state index contributed by atoms with van der Waals surface area (Å²) in [7, 11) is -0.319. The van der Waals surface area contributed by atoms with Crippen LogP contribution in [0.1, 0.15) is 13.3 Å². The highest BCUT2D eigenvalue weighted by atomic mass is 32.2. The van der Waals surface area contributed by atoms with Crippen LogP contribution in [0.2, 0.25) is 0 Å². The Bertz CT molecular complexity index is 465. The molecule has 0 aliphatic carbocycles. The SMILES string of the molecule is CCC(CN)Nc1ccc(S(=O)(=O)N(C)C)cc1. The van der Waals surface area contributed by atoms with Crippen molar-refractivity contribution >= 4 is 15.7 Å². The van der Waals surface area contributed by atoms with Gasteiger partial charge < -0.3 is 11.1 Å². The molecule has 1 aromatic carbocycles. The molecule has 0 amide bonds. The zero-order valence-corrected chi connectivity index (χ0v) is 11.9. The third kappa shape index (κ3) is 3.44. The van der Waals surface area contributed by atoms with Crippen LogP contribution in [0.3, 0.4) is 0 Å². The lowest BCUT2D eigenvalue weighted by atomic mass is 10.2. The van der Waals surface area contributed by atoms with Crippen molar-refractivity contribution in [3.8, 4) is 0 Å². The Morgan fingerprint density at radius 2 is 1.83 bits per heavy atom. The fraction of sp³-hybridized carbons (Fsp3) is 0.500. The first-order valence-corrected chi connectivity index (χ1v) is 7.35. The average molecular weight is 271 g/mol. The van der Waals surface area contributed by atoms with Crippen molar-refractivity contribution in [1.29, 1.82) is 0 Å². The third-order valence-corrected chi connectivity index (χ3v) is 4.61. The van der Waals surface area contributed by atoms with Crippen LogP contribution < -0.4 is 11.1 Å². The van der Waals surface area contributed by atoms with Gasteiger partial charge in [-0.3, -0.25) is 0 Å². The summed E-state index contributed by atoms with van der Waals surface area (Å²) in [5.74, 6) is 0. The molecule has 0 aromatic heterocycles. The van der Waals surface area contributed by atoms with Gasteiger partial charge in [-0.2, -0.15) is 0 Å². The van der Waals surface area contributed by atoms with Crippen LogP contribution in [0.4, 0.5) is 5.69 Å². The van der Waals surface area contributed by atoms with Gasteiger partial charge in [0.15, 0.2) is 0 Å². The van der Waals surface area contributed by atoms with Gasteiger partial charge in [-0.15, -0.1) is 0 Å². The molecule has 3 N–H and O–H groups in total. The summed E-state index contributed by atoms with van der Waals surface area (Å²) in [6, 6.07) is 6.92. The minimum Gasteiger partial charge on any atom is -0.381 e. The van der Waals surface area contributed by atoms with Gasteiger partial charge in [0.2, 0.25) is 10.0 Å². The molecule has 0 aliphatic heterocycles. The highest BCUT2D eigenvalue weighted by Crippen LogP contribution is 2.17. The number of benzene rings is 1. The van der Waals surface area contributed by atoms with E-state index in [1.165, 1.54) is 18.4 Å². The van der Waals surface area contributed by atoms with Crippen molar-refractivity contribution in [3.05, 3.63) is 24.3 Å². The van der Waals surface area contributed by atoms with Gasteiger partial charge in [-0.25, -0.2) is 12.7 Å². The van der Waals surface area contributed by atoms with Crippen molar-refractivity contribution in [2.24, 2.45) is 5.73 Å². The maximum absolute atomic E-state index is 11.9. The van der Waals surface area contributed by atoms with Crippen LogP contribution in [-0.4, -0.2) is 39.4 Å². The fourth-order valence-electron chi connectivity index (χ4n) is 1.50. The van der Waals surface area contributed by atoms with Crippen molar-refractivity contribution < 1.29 is 8.42 Å². The molecule has 1 atom stereocenters. The summed E-state index contributed by atoms with van der Waals surface area (Å²) in [4.78, 5) is 0.291. The molecular weight excluding hydrogens is 250 g/mol. The Balaban J connectivity index is 2.87. The minimum atomic E-state index is -3.35. The number of anilines is 1. The van der Waals surface area contributed by atoms with E-state index in [2.05, 4.69) is 12.2 Å². The zero-order chi connectivity index (χ0) is 13.8. The second kappa shape index (κ2) is 6.17. The van der Waals surface area contributed by atoms with Crippen LogP contribution in [0, 0.1) is 0 Å².